The Morgan fingerprint density at radius 1 is 1.15 bits per heavy atom. The fraction of sp³-hybridized carbons (Fsp3) is 1.00. The fourth-order valence-electron chi connectivity index (χ4n) is 1.99. The van der Waals surface area contributed by atoms with Crippen LogP contribution >= 0.6 is 0 Å². The quantitative estimate of drug-likeness (QED) is 0.672. The Labute approximate surface area is 83.5 Å². The Morgan fingerprint density at radius 2 is 1.69 bits per heavy atom. The summed E-state index contributed by atoms with van der Waals surface area (Å²) in [6, 6.07) is 0. The lowest BCUT2D eigenvalue weighted by molar-refractivity contribution is -0.0291. The molecule has 0 aromatic heterocycles. The van der Waals surface area contributed by atoms with Crippen molar-refractivity contribution < 1.29 is 5.11 Å². The third-order valence-electron chi connectivity index (χ3n) is 3.17. The minimum Gasteiger partial charge on any atom is -0.390 e. The zero-order chi connectivity index (χ0) is 10.5. The molecule has 13 heavy (non-hydrogen) atoms. The van der Waals surface area contributed by atoms with E-state index in [0.717, 1.165) is 12.8 Å². The van der Waals surface area contributed by atoms with E-state index < -0.39 is 5.60 Å². The van der Waals surface area contributed by atoms with Crippen molar-refractivity contribution in [2.45, 2.75) is 65.9 Å². The van der Waals surface area contributed by atoms with E-state index in [1.807, 2.05) is 0 Å². The molecule has 0 spiro atoms. The average Bonchev–Trinajstić information content (AvgIpc) is 2.04. The highest BCUT2D eigenvalue weighted by Crippen LogP contribution is 2.30. The van der Waals surface area contributed by atoms with Crippen LogP contribution in [-0.4, -0.2) is 10.7 Å². The summed E-state index contributed by atoms with van der Waals surface area (Å²) >= 11 is 0. The third kappa shape index (κ3) is 4.12. The van der Waals surface area contributed by atoms with Crippen LogP contribution in [0.4, 0.5) is 0 Å². The number of hydrogen-bond donors (Lipinski definition) is 1. The largest absolute Gasteiger partial charge is 0.390 e. The van der Waals surface area contributed by atoms with E-state index in [-0.39, 0.29) is 0 Å². The van der Waals surface area contributed by atoms with Gasteiger partial charge in [-0.3, -0.25) is 0 Å². The van der Waals surface area contributed by atoms with Gasteiger partial charge in [-0.05, 0) is 24.7 Å². The highest BCUT2D eigenvalue weighted by Gasteiger charge is 2.30. The van der Waals surface area contributed by atoms with E-state index >= 15 is 0 Å². The molecule has 80 valence electrons. The zero-order valence-corrected chi connectivity index (χ0v) is 9.93. The summed E-state index contributed by atoms with van der Waals surface area (Å²) in [5.41, 5.74) is -0.436. The summed E-state index contributed by atoms with van der Waals surface area (Å²) in [4.78, 5) is 0. The van der Waals surface area contributed by atoms with Gasteiger partial charge in [-0.2, -0.15) is 0 Å². The van der Waals surface area contributed by atoms with Gasteiger partial charge in [0.15, 0.2) is 0 Å². The molecule has 0 aliphatic heterocycles. The maximum absolute atomic E-state index is 10.3. The third-order valence-corrected chi connectivity index (χ3v) is 3.17. The predicted molar refractivity (Wildman–Crippen MR) is 58.8 cm³/mol. The molecule has 0 aliphatic carbocycles. The summed E-state index contributed by atoms with van der Waals surface area (Å²) in [6.07, 6.45) is 4.28. The molecule has 0 aromatic carbocycles. The van der Waals surface area contributed by atoms with E-state index in [4.69, 9.17) is 0 Å². The van der Waals surface area contributed by atoms with Crippen LogP contribution < -0.4 is 0 Å². The summed E-state index contributed by atoms with van der Waals surface area (Å²) in [5.74, 6) is 1.02. The average molecular weight is 186 g/mol. The van der Waals surface area contributed by atoms with Gasteiger partial charge in [0.1, 0.15) is 0 Å². The second kappa shape index (κ2) is 5.64. The molecular formula is C12H26O. The van der Waals surface area contributed by atoms with Crippen molar-refractivity contribution in [3.05, 3.63) is 0 Å². The predicted octanol–water partition coefficient (Wildman–Crippen LogP) is 3.61. The van der Waals surface area contributed by atoms with E-state index in [0.29, 0.717) is 11.8 Å². The van der Waals surface area contributed by atoms with E-state index in [1.165, 1.54) is 12.8 Å². The van der Waals surface area contributed by atoms with Crippen molar-refractivity contribution in [3.8, 4) is 0 Å². The second-order valence-corrected chi connectivity index (χ2v) is 4.71. The maximum Gasteiger partial charge on any atom is 0.0670 e. The van der Waals surface area contributed by atoms with Gasteiger partial charge in [0.25, 0.3) is 0 Å². The molecule has 1 N–H and O–H groups in total. The Hall–Kier alpha value is -0.0400. The molecule has 2 atom stereocenters. The van der Waals surface area contributed by atoms with E-state index in [9.17, 15) is 5.11 Å². The lowest BCUT2D eigenvalue weighted by Crippen LogP contribution is -2.36. The Morgan fingerprint density at radius 3 is 2.00 bits per heavy atom. The van der Waals surface area contributed by atoms with E-state index in [1.54, 1.807) is 0 Å². The van der Waals surface area contributed by atoms with Crippen molar-refractivity contribution in [1.82, 2.24) is 0 Å². The van der Waals surface area contributed by atoms with Crippen molar-refractivity contribution in [3.63, 3.8) is 0 Å². The first-order valence-electron chi connectivity index (χ1n) is 5.68. The highest BCUT2D eigenvalue weighted by atomic mass is 16.3. The first-order chi connectivity index (χ1) is 5.96. The van der Waals surface area contributed by atoms with Crippen LogP contribution in [0.2, 0.25) is 0 Å². The zero-order valence-electron chi connectivity index (χ0n) is 9.93. The molecule has 0 fully saturated rings. The molecule has 2 unspecified atom stereocenters. The molecule has 0 aliphatic rings. The van der Waals surface area contributed by atoms with Crippen LogP contribution in [0.1, 0.15) is 60.3 Å². The van der Waals surface area contributed by atoms with Crippen molar-refractivity contribution in [2.24, 2.45) is 11.8 Å². The topological polar surface area (TPSA) is 20.2 Å². The molecule has 0 radical (unpaired) electrons. The minimum atomic E-state index is -0.436. The van der Waals surface area contributed by atoms with Crippen LogP contribution in [0.5, 0.6) is 0 Å². The molecule has 0 amide bonds. The van der Waals surface area contributed by atoms with Gasteiger partial charge in [-0.25, -0.2) is 0 Å². The highest BCUT2D eigenvalue weighted by molar-refractivity contribution is 4.82. The summed E-state index contributed by atoms with van der Waals surface area (Å²) < 4.78 is 0. The van der Waals surface area contributed by atoms with Gasteiger partial charge < -0.3 is 5.11 Å². The van der Waals surface area contributed by atoms with Crippen molar-refractivity contribution in [1.29, 1.82) is 0 Å². The standard InChI is InChI=1S/C12H26O/c1-6-8-11(5)9-12(13,7-2)10(3)4/h10-11,13H,6-9H2,1-5H3. The van der Waals surface area contributed by atoms with E-state index in [2.05, 4.69) is 34.6 Å². The molecule has 0 saturated heterocycles. The number of hydrogen-bond acceptors (Lipinski definition) is 1. The van der Waals surface area contributed by atoms with Gasteiger partial charge in [0.05, 0.1) is 5.60 Å². The van der Waals surface area contributed by atoms with Gasteiger partial charge >= 0.3 is 0 Å². The lowest BCUT2D eigenvalue weighted by Gasteiger charge is -2.33. The van der Waals surface area contributed by atoms with Gasteiger partial charge in [0, 0.05) is 0 Å². The van der Waals surface area contributed by atoms with Crippen LogP contribution in [-0.2, 0) is 0 Å². The molecule has 0 aromatic rings. The summed E-state index contributed by atoms with van der Waals surface area (Å²) in [7, 11) is 0. The number of aliphatic hydroxyl groups is 1. The molecule has 1 nitrogen and oxygen atoms in total. The van der Waals surface area contributed by atoms with Crippen molar-refractivity contribution in [2.75, 3.05) is 0 Å². The summed E-state index contributed by atoms with van der Waals surface area (Å²) in [5, 5.41) is 10.3. The molecule has 0 bridgehead atoms. The number of rotatable bonds is 6. The molecule has 0 saturated carbocycles. The second-order valence-electron chi connectivity index (χ2n) is 4.71. The van der Waals surface area contributed by atoms with Crippen LogP contribution in [0, 0.1) is 11.8 Å². The summed E-state index contributed by atoms with van der Waals surface area (Å²) in [6.45, 7) is 10.8. The lowest BCUT2D eigenvalue weighted by atomic mass is 9.79. The van der Waals surface area contributed by atoms with Gasteiger partial charge in [-0.15, -0.1) is 0 Å². The van der Waals surface area contributed by atoms with Crippen LogP contribution in [0.25, 0.3) is 0 Å². The van der Waals surface area contributed by atoms with Crippen LogP contribution in [0.3, 0.4) is 0 Å². The molecule has 0 rings (SSSR count). The maximum atomic E-state index is 10.3. The van der Waals surface area contributed by atoms with Crippen molar-refractivity contribution >= 4 is 0 Å². The monoisotopic (exact) mass is 186 g/mol. The Bertz CT molecular complexity index is 131. The molecule has 1 heteroatoms. The molecule has 0 heterocycles. The normalized spacial score (nSPS) is 18.7. The fourth-order valence-corrected chi connectivity index (χ4v) is 1.99. The minimum absolute atomic E-state index is 0.372. The first-order valence-corrected chi connectivity index (χ1v) is 5.68. The smallest absolute Gasteiger partial charge is 0.0670 e. The van der Waals surface area contributed by atoms with Crippen LogP contribution in [0.15, 0.2) is 0 Å². The first kappa shape index (κ1) is 13.0. The SMILES string of the molecule is CCCC(C)CC(O)(CC)C(C)C. The Balaban J connectivity index is 4.10. The van der Waals surface area contributed by atoms with Gasteiger partial charge in [0.2, 0.25) is 0 Å². The molecular weight excluding hydrogens is 160 g/mol. The van der Waals surface area contributed by atoms with Gasteiger partial charge in [-0.1, -0.05) is 47.5 Å². The Kier molecular flexibility index (Phi) is 5.62.